The number of ketones is 2. The van der Waals surface area contributed by atoms with E-state index in [2.05, 4.69) is 20.8 Å². The number of rotatable bonds is 0. The first-order valence-electron chi connectivity index (χ1n) is 18.0. The number of hydrogen-bond acceptors (Lipinski definition) is 7. The maximum Gasteiger partial charge on any atom is 0.139 e. The molecule has 6 fully saturated rings. The van der Waals surface area contributed by atoms with E-state index in [1.54, 1.807) is 0 Å². The van der Waals surface area contributed by atoms with Crippen molar-refractivity contribution in [3.05, 3.63) is 23.3 Å². The van der Waals surface area contributed by atoms with Crippen LogP contribution in [0.2, 0.25) is 0 Å². The van der Waals surface area contributed by atoms with E-state index in [1.807, 2.05) is 19.1 Å². The Hall–Kier alpha value is -1.38. The lowest BCUT2D eigenvalue weighted by Gasteiger charge is -2.59. The van der Waals surface area contributed by atoms with E-state index in [1.165, 1.54) is 5.57 Å². The van der Waals surface area contributed by atoms with Crippen LogP contribution in [0.15, 0.2) is 23.3 Å². The molecule has 7 nitrogen and oxygen atoms in total. The second-order valence-corrected chi connectivity index (χ2v) is 17.6. The summed E-state index contributed by atoms with van der Waals surface area (Å²) in [7, 11) is 0. The number of carbonyl (C=O) groups excluding carboxylic acids is 2. The summed E-state index contributed by atoms with van der Waals surface area (Å²) in [5, 5.41) is 52.6. The second-order valence-electron chi connectivity index (χ2n) is 17.6. The molecule has 7 heteroatoms. The summed E-state index contributed by atoms with van der Waals surface area (Å²) in [5.74, 6) is 1.84. The van der Waals surface area contributed by atoms with Crippen molar-refractivity contribution in [2.24, 2.45) is 57.2 Å². The molecule has 0 amide bonds. The van der Waals surface area contributed by atoms with Gasteiger partial charge < -0.3 is 25.5 Å². The molecule has 0 radical (unpaired) electrons. The van der Waals surface area contributed by atoms with Crippen molar-refractivity contribution in [2.75, 3.05) is 0 Å². The zero-order chi connectivity index (χ0) is 32.3. The van der Waals surface area contributed by atoms with E-state index in [0.29, 0.717) is 43.3 Å². The molecule has 5 N–H and O–H groups in total. The molecule has 0 aliphatic heterocycles. The van der Waals surface area contributed by atoms with E-state index in [0.717, 1.165) is 63.4 Å². The maximum absolute atomic E-state index is 12.4. The Kier molecular flexibility index (Phi) is 7.73. The molecule has 15 atom stereocenters. The fourth-order valence-corrected chi connectivity index (χ4v) is 12.9. The summed E-state index contributed by atoms with van der Waals surface area (Å²) < 4.78 is 0. The van der Waals surface area contributed by atoms with E-state index < -0.39 is 23.7 Å². The highest BCUT2D eigenvalue weighted by atomic mass is 16.3. The van der Waals surface area contributed by atoms with Gasteiger partial charge in [-0.25, -0.2) is 0 Å². The minimum absolute atomic E-state index is 0.00558. The Balaban J connectivity index is 0.000000145. The van der Waals surface area contributed by atoms with Crippen LogP contribution in [0.4, 0.5) is 0 Å². The monoisotopic (exact) mass is 624 g/mol. The summed E-state index contributed by atoms with van der Waals surface area (Å²) in [6.07, 6.45) is 12.2. The summed E-state index contributed by atoms with van der Waals surface area (Å²) in [5.41, 5.74) is 1.67. The van der Waals surface area contributed by atoms with Gasteiger partial charge in [-0.05, 0) is 117 Å². The average molecular weight is 625 g/mol. The van der Waals surface area contributed by atoms with Crippen molar-refractivity contribution in [1.29, 1.82) is 0 Å². The normalized spacial score (nSPS) is 55.0. The molecular formula is C38H56O7. The van der Waals surface area contributed by atoms with Crippen LogP contribution in [-0.4, -0.2) is 67.6 Å². The predicted octanol–water partition coefficient (Wildman–Crippen LogP) is 4.67. The van der Waals surface area contributed by atoms with Gasteiger partial charge in [0.15, 0.2) is 0 Å². The Labute approximate surface area is 268 Å². The van der Waals surface area contributed by atoms with Crippen LogP contribution in [0.1, 0.15) is 111 Å². The molecule has 8 aliphatic carbocycles. The van der Waals surface area contributed by atoms with Crippen LogP contribution in [0, 0.1) is 57.2 Å². The highest BCUT2D eigenvalue weighted by molar-refractivity contribution is 5.87. The zero-order valence-corrected chi connectivity index (χ0v) is 27.8. The standard InChI is InChI=1S/C19H28O4.C19H28O3/c1-18-6-5-11(20)7-10(18)8-13(21)16-12-3-4-15(23)19(12,2)9-14(22)17(16)18;1-18-7-5-12(20)9-11(18)10-15(21)17-13-3-4-16(22)19(13,2)8-6-14(17)18/h8,11-14,16-17,20-22H,3-7,9H2,1-2H3;10,12-15,17,20-21H,3-9H2,1-2H3/t11-,12?,13-,14+,16?,17?,18-,19-;12-,13?,14?,15-,17?,18-,19-/m00/s1. The highest BCUT2D eigenvalue weighted by Gasteiger charge is 2.64. The fourth-order valence-electron chi connectivity index (χ4n) is 12.9. The SMILES string of the molecule is C[C@]12CC[C@H](O)CC1=C[C@H](O)C1C2CC[C@]2(C)C(=O)CCC12.C[C@]12CC[C@H](O)CC1=C[C@H](O)C1C2[C@H](O)C[C@]2(C)C(=O)CCC12. The molecular weight excluding hydrogens is 568 g/mol. The third-order valence-corrected chi connectivity index (χ3v) is 15.6. The van der Waals surface area contributed by atoms with Gasteiger partial charge in [0, 0.05) is 23.7 Å². The van der Waals surface area contributed by atoms with Gasteiger partial charge in [0.1, 0.15) is 11.6 Å². The summed E-state index contributed by atoms with van der Waals surface area (Å²) in [4.78, 5) is 24.8. The van der Waals surface area contributed by atoms with Crippen molar-refractivity contribution in [3.63, 3.8) is 0 Å². The number of carbonyl (C=O) groups is 2. The van der Waals surface area contributed by atoms with Gasteiger partial charge in [-0.3, -0.25) is 9.59 Å². The maximum atomic E-state index is 12.4. The van der Waals surface area contributed by atoms with Gasteiger partial charge >= 0.3 is 0 Å². The van der Waals surface area contributed by atoms with Crippen molar-refractivity contribution in [2.45, 2.75) is 142 Å². The van der Waals surface area contributed by atoms with Crippen LogP contribution in [0.25, 0.3) is 0 Å². The number of aliphatic hydroxyl groups is 5. The molecule has 0 aromatic rings. The van der Waals surface area contributed by atoms with Crippen molar-refractivity contribution < 1.29 is 35.1 Å². The molecule has 0 aromatic carbocycles. The van der Waals surface area contributed by atoms with Gasteiger partial charge in [-0.2, -0.15) is 0 Å². The lowest BCUT2D eigenvalue weighted by Crippen LogP contribution is -2.59. The summed E-state index contributed by atoms with van der Waals surface area (Å²) in [6.45, 7) is 8.66. The molecule has 8 rings (SSSR count). The predicted molar refractivity (Wildman–Crippen MR) is 170 cm³/mol. The Morgan fingerprint density at radius 1 is 0.578 bits per heavy atom. The minimum atomic E-state index is -0.612. The number of aliphatic hydroxyl groups excluding tert-OH is 5. The second kappa shape index (κ2) is 10.8. The molecule has 0 bridgehead atoms. The van der Waals surface area contributed by atoms with Crippen LogP contribution < -0.4 is 0 Å². The van der Waals surface area contributed by atoms with E-state index >= 15 is 0 Å². The van der Waals surface area contributed by atoms with Crippen LogP contribution in [0.3, 0.4) is 0 Å². The lowest BCUT2D eigenvalue weighted by molar-refractivity contribution is -0.157. The highest BCUT2D eigenvalue weighted by Crippen LogP contribution is 2.65. The molecule has 0 saturated heterocycles. The van der Waals surface area contributed by atoms with Crippen LogP contribution >= 0.6 is 0 Å². The van der Waals surface area contributed by atoms with Crippen molar-refractivity contribution >= 4 is 11.6 Å². The van der Waals surface area contributed by atoms with Gasteiger partial charge in [0.25, 0.3) is 0 Å². The quantitative estimate of drug-likeness (QED) is 0.247. The smallest absolute Gasteiger partial charge is 0.139 e. The first kappa shape index (κ1) is 32.2. The van der Waals surface area contributed by atoms with Crippen LogP contribution in [-0.2, 0) is 9.59 Å². The number of hydrogen-bond donors (Lipinski definition) is 5. The first-order chi connectivity index (χ1) is 21.1. The summed E-state index contributed by atoms with van der Waals surface area (Å²) >= 11 is 0. The third kappa shape index (κ3) is 4.60. The molecule has 250 valence electrons. The number of Topliss-reactive ketones (excluding diaryl/α,β-unsaturated/α-hetero) is 2. The van der Waals surface area contributed by atoms with Crippen molar-refractivity contribution in [3.8, 4) is 0 Å². The molecule has 6 unspecified atom stereocenters. The Morgan fingerprint density at radius 2 is 1.04 bits per heavy atom. The largest absolute Gasteiger partial charge is 0.393 e. The molecule has 0 spiro atoms. The number of fused-ring (bicyclic) bond motifs is 10. The molecule has 8 aliphatic rings. The Bertz CT molecular complexity index is 1300. The van der Waals surface area contributed by atoms with Gasteiger partial charge in [0.05, 0.1) is 30.5 Å². The van der Waals surface area contributed by atoms with Crippen LogP contribution in [0.5, 0.6) is 0 Å². The zero-order valence-electron chi connectivity index (χ0n) is 27.8. The molecule has 0 heterocycles. The van der Waals surface area contributed by atoms with Crippen molar-refractivity contribution in [1.82, 2.24) is 0 Å². The summed E-state index contributed by atoms with van der Waals surface area (Å²) in [6, 6.07) is 0. The minimum Gasteiger partial charge on any atom is -0.393 e. The van der Waals surface area contributed by atoms with Gasteiger partial charge in [0.2, 0.25) is 0 Å². The van der Waals surface area contributed by atoms with E-state index in [-0.39, 0.29) is 57.9 Å². The average Bonchev–Trinajstić information content (AvgIpc) is 3.45. The fraction of sp³-hybridized carbons (Fsp3) is 0.842. The van der Waals surface area contributed by atoms with E-state index in [9.17, 15) is 35.1 Å². The molecule has 0 aromatic heterocycles. The topological polar surface area (TPSA) is 135 Å². The first-order valence-corrected chi connectivity index (χ1v) is 18.0. The lowest BCUT2D eigenvalue weighted by atomic mass is 9.46. The molecule has 6 saturated carbocycles. The van der Waals surface area contributed by atoms with E-state index in [4.69, 9.17) is 0 Å². The van der Waals surface area contributed by atoms with Gasteiger partial charge in [-0.1, -0.05) is 51.0 Å². The Morgan fingerprint density at radius 3 is 1.67 bits per heavy atom. The third-order valence-electron chi connectivity index (χ3n) is 15.6. The molecule has 45 heavy (non-hydrogen) atoms. The van der Waals surface area contributed by atoms with Gasteiger partial charge in [-0.15, -0.1) is 0 Å².